The van der Waals surface area contributed by atoms with E-state index in [-0.39, 0.29) is 11.7 Å². The van der Waals surface area contributed by atoms with Crippen LogP contribution >= 0.6 is 0 Å². The van der Waals surface area contributed by atoms with Gasteiger partial charge in [-0.2, -0.15) is 5.26 Å². The minimum absolute atomic E-state index is 0.0957. The molecule has 0 aliphatic heterocycles. The molecule has 0 radical (unpaired) electrons. The molecule has 0 unspecified atom stereocenters. The number of aromatic amines is 1. The quantitative estimate of drug-likeness (QED) is 0.185. The molecule has 0 fully saturated rings. The van der Waals surface area contributed by atoms with Crippen LogP contribution in [0.5, 0.6) is 11.5 Å². The molecule has 0 spiro atoms. The van der Waals surface area contributed by atoms with E-state index in [1.807, 2.05) is 97.3 Å². The first kappa shape index (κ1) is 27.7. The molecule has 0 aliphatic rings. The van der Waals surface area contributed by atoms with Crippen LogP contribution in [0.15, 0.2) is 90.0 Å². The van der Waals surface area contributed by atoms with E-state index in [0.29, 0.717) is 72.1 Å². The number of benzene rings is 3. The fourth-order valence-electron chi connectivity index (χ4n) is 4.71. The maximum absolute atomic E-state index is 13.0. The summed E-state index contributed by atoms with van der Waals surface area (Å²) in [5.41, 5.74) is 4.06. The standard InChI is InChI=1S/C33H32N4O4/c1-23(2)39-15-9-14-37-31(29(19-34)30-32(37)33(38)36-22-35-30)26-16-27(40-20-24-10-5-3-6-11-24)18-28(17-26)41-21-25-12-7-4-8-13-25/h3-8,10-13,16-18,22-23H,9,14-15,20-21H2,1-2H3,(H,35,36,38). The molecule has 0 bridgehead atoms. The third-order valence-electron chi connectivity index (χ3n) is 6.58. The van der Waals surface area contributed by atoms with Gasteiger partial charge < -0.3 is 23.8 Å². The van der Waals surface area contributed by atoms with Gasteiger partial charge in [-0.25, -0.2) is 4.98 Å². The summed E-state index contributed by atoms with van der Waals surface area (Å²) >= 11 is 0. The van der Waals surface area contributed by atoms with Gasteiger partial charge in [0.2, 0.25) is 0 Å². The Balaban J connectivity index is 1.58. The van der Waals surface area contributed by atoms with Crippen molar-refractivity contribution < 1.29 is 14.2 Å². The van der Waals surface area contributed by atoms with Crippen LogP contribution in [0.25, 0.3) is 22.3 Å². The fourth-order valence-corrected chi connectivity index (χ4v) is 4.71. The zero-order chi connectivity index (χ0) is 28.6. The normalized spacial score (nSPS) is 11.1. The number of fused-ring (bicyclic) bond motifs is 1. The van der Waals surface area contributed by atoms with Crippen LogP contribution in [-0.2, 0) is 24.5 Å². The van der Waals surface area contributed by atoms with Crippen molar-refractivity contribution in [3.63, 3.8) is 0 Å². The summed E-state index contributed by atoms with van der Waals surface area (Å²) in [7, 11) is 0. The highest BCUT2D eigenvalue weighted by atomic mass is 16.5. The molecule has 5 rings (SSSR count). The number of hydrogen-bond acceptors (Lipinski definition) is 6. The molecular weight excluding hydrogens is 516 g/mol. The Kier molecular flexibility index (Phi) is 8.77. The van der Waals surface area contributed by atoms with Gasteiger partial charge in [-0.1, -0.05) is 60.7 Å². The molecule has 0 saturated heterocycles. The lowest BCUT2D eigenvalue weighted by Gasteiger charge is -2.16. The smallest absolute Gasteiger partial charge is 0.275 e. The second kappa shape index (κ2) is 13.0. The highest BCUT2D eigenvalue weighted by molar-refractivity contribution is 5.91. The molecule has 0 saturated carbocycles. The Morgan fingerprint density at radius 3 is 2.10 bits per heavy atom. The van der Waals surface area contributed by atoms with Crippen LogP contribution in [0.4, 0.5) is 0 Å². The first-order valence-electron chi connectivity index (χ1n) is 13.6. The monoisotopic (exact) mass is 548 g/mol. The Labute approximate surface area is 238 Å². The van der Waals surface area contributed by atoms with Gasteiger partial charge in [-0.15, -0.1) is 0 Å². The average Bonchev–Trinajstić information content (AvgIpc) is 3.32. The van der Waals surface area contributed by atoms with Gasteiger partial charge in [0.1, 0.15) is 47.4 Å². The number of rotatable bonds is 12. The Hall–Kier alpha value is -4.87. The fraction of sp³-hybridized carbons (Fsp3) is 0.242. The second-order valence-corrected chi connectivity index (χ2v) is 9.93. The summed E-state index contributed by atoms with van der Waals surface area (Å²) in [6.07, 6.45) is 2.07. The van der Waals surface area contributed by atoms with Crippen LogP contribution in [0.3, 0.4) is 0 Å². The second-order valence-electron chi connectivity index (χ2n) is 9.93. The molecule has 208 valence electrons. The van der Waals surface area contributed by atoms with E-state index in [2.05, 4.69) is 16.0 Å². The lowest BCUT2D eigenvalue weighted by molar-refractivity contribution is 0.0751. The SMILES string of the molecule is CC(C)OCCCn1c(-c2cc(OCc3ccccc3)cc(OCc3ccccc3)c2)c(C#N)c2nc[nH]c(=O)c21. The third-order valence-corrected chi connectivity index (χ3v) is 6.58. The molecule has 0 amide bonds. The number of aromatic nitrogens is 3. The Bertz CT molecular complexity index is 1640. The average molecular weight is 549 g/mol. The largest absolute Gasteiger partial charge is 0.489 e. The zero-order valence-electron chi connectivity index (χ0n) is 23.2. The van der Waals surface area contributed by atoms with Crippen molar-refractivity contribution in [1.29, 1.82) is 5.26 Å². The van der Waals surface area contributed by atoms with Crippen LogP contribution in [0.2, 0.25) is 0 Å². The molecule has 3 aromatic carbocycles. The van der Waals surface area contributed by atoms with Gasteiger partial charge in [-0.3, -0.25) is 4.79 Å². The Morgan fingerprint density at radius 1 is 0.927 bits per heavy atom. The van der Waals surface area contributed by atoms with Crippen molar-refractivity contribution >= 4 is 11.0 Å². The number of aryl methyl sites for hydroxylation is 1. The van der Waals surface area contributed by atoms with E-state index in [4.69, 9.17) is 14.2 Å². The zero-order valence-corrected chi connectivity index (χ0v) is 23.2. The van der Waals surface area contributed by atoms with Crippen molar-refractivity contribution in [1.82, 2.24) is 14.5 Å². The van der Waals surface area contributed by atoms with E-state index < -0.39 is 0 Å². The predicted octanol–water partition coefficient (Wildman–Crippen LogP) is 6.24. The first-order valence-corrected chi connectivity index (χ1v) is 13.6. The van der Waals surface area contributed by atoms with Gasteiger partial charge in [0.15, 0.2) is 0 Å². The summed E-state index contributed by atoms with van der Waals surface area (Å²) in [5, 5.41) is 10.3. The molecule has 8 nitrogen and oxygen atoms in total. The van der Waals surface area contributed by atoms with Crippen LogP contribution < -0.4 is 15.0 Å². The molecule has 0 atom stereocenters. The number of H-pyrrole nitrogens is 1. The topological polar surface area (TPSA) is 102 Å². The van der Waals surface area contributed by atoms with Gasteiger partial charge in [-0.05, 0) is 43.5 Å². The highest BCUT2D eigenvalue weighted by Gasteiger charge is 2.23. The molecule has 41 heavy (non-hydrogen) atoms. The minimum Gasteiger partial charge on any atom is -0.489 e. The molecular formula is C33H32N4O4. The molecule has 2 heterocycles. The number of hydrogen-bond donors (Lipinski definition) is 1. The molecule has 1 N–H and O–H groups in total. The summed E-state index contributed by atoms with van der Waals surface area (Å²) in [6.45, 7) is 5.68. The van der Waals surface area contributed by atoms with E-state index in [0.717, 1.165) is 11.1 Å². The lowest BCUT2D eigenvalue weighted by atomic mass is 10.1. The lowest BCUT2D eigenvalue weighted by Crippen LogP contribution is -2.14. The van der Waals surface area contributed by atoms with Gasteiger partial charge >= 0.3 is 0 Å². The maximum Gasteiger partial charge on any atom is 0.275 e. The van der Waals surface area contributed by atoms with E-state index in [1.54, 1.807) is 0 Å². The first-order chi connectivity index (χ1) is 20.0. The van der Waals surface area contributed by atoms with Crippen molar-refractivity contribution in [2.45, 2.75) is 46.1 Å². The van der Waals surface area contributed by atoms with Crippen molar-refractivity contribution in [2.24, 2.45) is 0 Å². The van der Waals surface area contributed by atoms with Gasteiger partial charge in [0.25, 0.3) is 5.56 Å². The molecule has 5 aromatic rings. The van der Waals surface area contributed by atoms with Crippen LogP contribution in [0.1, 0.15) is 37.0 Å². The highest BCUT2D eigenvalue weighted by Crippen LogP contribution is 2.36. The van der Waals surface area contributed by atoms with Gasteiger partial charge in [0, 0.05) is 24.8 Å². The number of ether oxygens (including phenoxy) is 3. The van der Waals surface area contributed by atoms with E-state index in [1.165, 1.54) is 6.33 Å². The predicted molar refractivity (Wildman–Crippen MR) is 158 cm³/mol. The van der Waals surface area contributed by atoms with Crippen molar-refractivity contribution in [3.8, 4) is 28.8 Å². The summed E-state index contributed by atoms with van der Waals surface area (Å²) < 4.78 is 20.0. The number of nitrogens with zero attached hydrogens (tertiary/aromatic N) is 3. The van der Waals surface area contributed by atoms with Crippen molar-refractivity contribution in [3.05, 3.63) is 112 Å². The third kappa shape index (κ3) is 6.65. The number of nitriles is 1. The summed E-state index contributed by atoms with van der Waals surface area (Å²) in [4.78, 5) is 20.0. The number of nitrogens with one attached hydrogen (secondary N) is 1. The van der Waals surface area contributed by atoms with Gasteiger partial charge in [0.05, 0.1) is 18.1 Å². The van der Waals surface area contributed by atoms with Crippen LogP contribution in [-0.4, -0.2) is 27.2 Å². The molecule has 2 aromatic heterocycles. The van der Waals surface area contributed by atoms with E-state index in [9.17, 15) is 10.1 Å². The maximum atomic E-state index is 13.0. The summed E-state index contributed by atoms with van der Waals surface area (Å²) in [6, 6.07) is 27.7. The molecule has 0 aliphatic carbocycles. The van der Waals surface area contributed by atoms with Crippen LogP contribution in [0, 0.1) is 11.3 Å². The summed E-state index contributed by atoms with van der Waals surface area (Å²) in [5.74, 6) is 1.17. The molecule has 8 heteroatoms. The van der Waals surface area contributed by atoms with Crippen molar-refractivity contribution in [2.75, 3.05) is 6.61 Å². The Morgan fingerprint density at radius 2 is 1.54 bits per heavy atom. The van der Waals surface area contributed by atoms with E-state index >= 15 is 0 Å². The minimum atomic E-state index is -0.306.